The highest BCUT2D eigenvalue weighted by Crippen LogP contribution is 2.34. The average Bonchev–Trinajstić information content (AvgIpc) is 3.34. The molecule has 0 aliphatic carbocycles. The molecule has 1 atom stereocenters. The predicted molar refractivity (Wildman–Crippen MR) is 124 cm³/mol. The fraction of sp³-hybridized carbons (Fsp3) is 0.208. The number of fused-ring (bicyclic) bond motifs is 2. The molecule has 1 aliphatic rings. The van der Waals surface area contributed by atoms with Gasteiger partial charge in [-0.1, -0.05) is 36.4 Å². The number of carbonyl (C=O) groups is 2. The Labute approximate surface area is 183 Å². The Morgan fingerprint density at radius 1 is 1.19 bits per heavy atom. The van der Waals surface area contributed by atoms with E-state index in [2.05, 4.69) is 26.7 Å². The molecule has 0 spiro atoms. The van der Waals surface area contributed by atoms with E-state index in [1.807, 2.05) is 54.8 Å². The zero-order chi connectivity index (χ0) is 21.4. The van der Waals surface area contributed by atoms with Crippen molar-refractivity contribution in [3.63, 3.8) is 0 Å². The maximum Gasteiger partial charge on any atom is 0.227 e. The lowest BCUT2D eigenvalue weighted by Crippen LogP contribution is -2.30. The van der Waals surface area contributed by atoms with Gasteiger partial charge >= 0.3 is 0 Å². The van der Waals surface area contributed by atoms with Crippen molar-refractivity contribution in [2.24, 2.45) is 5.92 Å². The number of rotatable bonds is 5. The normalized spacial score (nSPS) is 15.5. The molecule has 3 N–H and O–H groups in total. The Hall–Kier alpha value is -3.45. The van der Waals surface area contributed by atoms with Crippen molar-refractivity contribution in [3.05, 3.63) is 65.2 Å². The van der Waals surface area contributed by atoms with Crippen LogP contribution in [0.5, 0.6) is 0 Å². The van der Waals surface area contributed by atoms with Crippen LogP contribution in [0.3, 0.4) is 0 Å². The summed E-state index contributed by atoms with van der Waals surface area (Å²) in [5.41, 5.74) is 6.01. The summed E-state index contributed by atoms with van der Waals surface area (Å²) < 4.78 is 0. The van der Waals surface area contributed by atoms with Crippen LogP contribution in [0.25, 0.3) is 22.2 Å². The number of H-pyrrole nitrogens is 1. The van der Waals surface area contributed by atoms with Gasteiger partial charge < -0.3 is 15.6 Å². The molecule has 2 amide bonds. The highest BCUT2D eigenvalue weighted by Gasteiger charge is 2.26. The first-order chi connectivity index (χ1) is 15.1. The summed E-state index contributed by atoms with van der Waals surface area (Å²) in [7, 11) is 0. The summed E-state index contributed by atoms with van der Waals surface area (Å²) in [5.74, 6) is -0.331. The number of nitrogens with one attached hydrogen (secondary N) is 3. The average molecular weight is 431 g/mol. The van der Waals surface area contributed by atoms with Crippen molar-refractivity contribution in [1.82, 2.24) is 9.97 Å². The third-order valence-corrected chi connectivity index (χ3v) is 6.49. The predicted octanol–water partition coefficient (Wildman–Crippen LogP) is 5.13. The highest BCUT2D eigenvalue weighted by atomic mass is 32.1. The Bertz CT molecular complexity index is 1290. The number of thiazole rings is 1. The largest absolute Gasteiger partial charge is 0.358 e. The van der Waals surface area contributed by atoms with Gasteiger partial charge in [0.05, 0.1) is 5.69 Å². The Morgan fingerprint density at radius 3 is 2.90 bits per heavy atom. The molecule has 31 heavy (non-hydrogen) atoms. The molecule has 2 aromatic heterocycles. The van der Waals surface area contributed by atoms with Gasteiger partial charge in [-0.25, -0.2) is 4.98 Å². The molecule has 0 saturated carbocycles. The van der Waals surface area contributed by atoms with E-state index in [-0.39, 0.29) is 24.2 Å². The Morgan fingerprint density at radius 2 is 2.00 bits per heavy atom. The number of para-hydroxylation sites is 2. The maximum absolute atomic E-state index is 12.5. The number of hydrogen-bond acceptors (Lipinski definition) is 4. The first-order valence-corrected chi connectivity index (χ1v) is 11.2. The summed E-state index contributed by atoms with van der Waals surface area (Å²) in [5, 5.41) is 9.48. The summed E-state index contributed by atoms with van der Waals surface area (Å²) in [4.78, 5) is 32.9. The van der Waals surface area contributed by atoms with Crippen LogP contribution in [-0.2, 0) is 16.0 Å². The number of aryl methyl sites for hydroxylation is 1. The number of benzene rings is 2. The van der Waals surface area contributed by atoms with E-state index in [9.17, 15) is 9.59 Å². The van der Waals surface area contributed by atoms with E-state index >= 15 is 0 Å². The minimum absolute atomic E-state index is 0.0159. The number of nitrogens with zero attached hydrogens (tertiary/aromatic N) is 1. The standard InChI is InChI=1S/C24H22N4O2S/c1-14-22(17-7-3-5-9-19(17)25-14)20-13-31-24(27-20)28-21(29)11-10-16-12-15-6-2-4-8-18(15)26-23(16)30/h2-9,13,16,25H,10-12H2,1H3,(H,26,30)(H,27,28,29). The fourth-order valence-corrected chi connectivity index (χ4v) is 4.90. The number of aromatic amines is 1. The summed E-state index contributed by atoms with van der Waals surface area (Å²) >= 11 is 1.41. The molecule has 0 saturated heterocycles. The lowest BCUT2D eigenvalue weighted by Gasteiger charge is -2.24. The zero-order valence-corrected chi connectivity index (χ0v) is 17.9. The van der Waals surface area contributed by atoms with E-state index < -0.39 is 0 Å². The number of amides is 2. The zero-order valence-electron chi connectivity index (χ0n) is 17.1. The van der Waals surface area contributed by atoms with E-state index in [4.69, 9.17) is 0 Å². The second-order valence-electron chi connectivity index (χ2n) is 7.84. The highest BCUT2D eigenvalue weighted by molar-refractivity contribution is 7.14. The van der Waals surface area contributed by atoms with Crippen LogP contribution in [0.1, 0.15) is 24.1 Å². The Balaban J connectivity index is 1.23. The van der Waals surface area contributed by atoms with Crippen molar-refractivity contribution in [2.75, 3.05) is 10.6 Å². The van der Waals surface area contributed by atoms with Gasteiger partial charge in [-0.05, 0) is 37.5 Å². The number of anilines is 2. The molecule has 0 radical (unpaired) electrons. The topological polar surface area (TPSA) is 86.9 Å². The van der Waals surface area contributed by atoms with Gasteiger partial charge in [0.1, 0.15) is 0 Å². The molecule has 2 aromatic carbocycles. The number of hydrogen-bond donors (Lipinski definition) is 3. The molecule has 0 fully saturated rings. The monoisotopic (exact) mass is 430 g/mol. The molecule has 0 bridgehead atoms. The van der Waals surface area contributed by atoms with Gasteiger partial charge in [0.2, 0.25) is 11.8 Å². The summed E-state index contributed by atoms with van der Waals surface area (Å²) in [6.07, 6.45) is 1.45. The Kier molecular flexibility index (Phi) is 5.03. The SMILES string of the molecule is Cc1[nH]c2ccccc2c1-c1csc(NC(=O)CCC2Cc3ccccc3NC2=O)n1. The van der Waals surface area contributed by atoms with Crippen LogP contribution in [0.2, 0.25) is 0 Å². The van der Waals surface area contributed by atoms with Crippen LogP contribution in [0, 0.1) is 12.8 Å². The number of aromatic nitrogens is 2. The van der Waals surface area contributed by atoms with Gasteiger partial charge in [0.15, 0.2) is 5.13 Å². The first kappa shape index (κ1) is 19.5. The third kappa shape index (κ3) is 3.84. The molecule has 4 aromatic rings. The van der Waals surface area contributed by atoms with Crippen LogP contribution in [0.4, 0.5) is 10.8 Å². The minimum atomic E-state index is -0.193. The summed E-state index contributed by atoms with van der Waals surface area (Å²) in [6.45, 7) is 2.03. The molecule has 6 nitrogen and oxygen atoms in total. The van der Waals surface area contributed by atoms with Crippen LogP contribution in [-0.4, -0.2) is 21.8 Å². The van der Waals surface area contributed by atoms with Gasteiger partial charge in [0.25, 0.3) is 0 Å². The van der Waals surface area contributed by atoms with Crippen molar-refractivity contribution in [3.8, 4) is 11.3 Å². The van der Waals surface area contributed by atoms with Crippen LogP contribution >= 0.6 is 11.3 Å². The van der Waals surface area contributed by atoms with Crippen LogP contribution < -0.4 is 10.6 Å². The van der Waals surface area contributed by atoms with Crippen LogP contribution in [0.15, 0.2) is 53.9 Å². The molecule has 7 heteroatoms. The van der Waals surface area contributed by atoms with Crippen molar-refractivity contribution in [2.45, 2.75) is 26.2 Å². The molecule has 156 valence electrons. The molecular weight excluding hydrogens is 408 g/mol. The molecule has 5 rings (SSSR count). The molecular formula is C24H22N4O2S. The fourth-order valence-electron chi connectivity index (χ4n) is 4.19. The second-order valence-corrected chi connectivity index (χ2v) is 8.70. The second kappa shape index (κ2) is 8.00. The van der Waals surface area contributed by atoms with E-state index in [0.717, 1.165) is 39.1 Å². The third-order valence-electron chi connectivity index (χ3n) is 5.73. The smallest absolute Gasteiger partial charge is 0.227 e. The first-order valence-electron chi connectivity index (χ1n) is 10.3. The van der Waals surface area contributed by atoms with Gasteiger partial charge in [-0.2, -0.15) is 0 Å². The van der Waals surface area contributed by atoms with Gasteiger partial charge in [0, 0.05) is 45.6 Å². The number of carbonyl (C=O) groups excluding carboxylic acids is 2. The minimum Gasteiger partial charge on any atom is -0.358 e. The van der Waals surface area contributed by atoms with Crippen molar-refractivity contribution >= 4 is 44.9 Å². The lowest BCUT2D eigenvalue weighted by atomic mass is 9.89. The molecule has 1 unspecified atom stereocenters. The van der Waals surface area contributed by atoms with Gasteiger partial charge in [-0.15, -0.1) is 11.3 Å². The van der Waals surface area contributed by atoms with E-state index in [0.29, 0.717) is 18.0 Å². The summed E-state index contributed by atoms with van der Waals surface area (Å²) in [6, 6.07) is 15.9. The van der Waals surface area contributed by atoms with E-state index in [1.165, 1.54) is 11.3 Å². The van der Waals surface area contributed by atoms with Gasteiger partial charge in [-0.3, -0.25) is 9.59 Å². The van der Waals surface area contributed by atoms with E-state index in [1.54, 1.807) is 0 Å². The quantitative estimate of drug-likeness (QED) is 0.410. The lowest BCUT2D eigenvalue weighted by molar-refractivity contribution is -0.121. The molecule has 1 aliphatic heterocycles. The van der Waals surface area contributed by atoms with Crippen molar-refractivity contribution < 1.29 is 9.59 Å². The molecule has 3 heterocycles. The maximum atomic E-state index is 12.5. The van der Waals surface area contributed by atoms with Crippen molar-refractivity contribution in [1.29, 1.82) is 0 Å².